The predicted octanol–water partition coefficient (Wildman–Crippen LogP) is 7.93. The van der Waals surface area contributed by atoms with E-state index >= 15 is 0 Å². The van der Waals surface area contributed by atoms with Gasteiger partial charge in [0.15, 0.2) is 0 Å². The smallest absolute Gasteiger partial charge is 0.309 e. The zero-order valence-corrected chi connectivity index (χ0v) is 21.3. The Morgan fingerprint density at radius 1 is 1.00 bits per heavy atom. The molecule has 0 fully saturated rings. The Morgan fingerprint density at radius 2 is 1.68 bits per heavy atom. The molecule has 3 aromatic rings. The Labute approximate surface area is 202 Å². The number of rotatable bonds is 8. The molecule has 0 amide bonds. The maximum absolute atomic E-state index is 13.9. The lowest BCUT2D eigenvalue weighted by molar-refractivity contribution is 0.219. The second kappa shape index (κ2) is 10.5. The van der Waals surface area contributed by atoms with Crippen molar-refractivity contribution in [2.24, 2.45) is 0 Å². The van der Waals surface area contributed by atoms with Crippen LogP contribution in [0.4, 0.5) is 4.39 Å². The van der Waals surface area contributed by atoms with E-state index in [2.05, 4.69) is 38.1 Å². The average Bonchev–Trinajstić information content (AvgIpc) is 2.99. The van der Waals surface area contributed by atoms with Crippen LogP contribution in [0.25, 0.3) is 22.4 Å². The van der Waals surface area contributed by atoms with Crippen molar-refractivity contribution in [2.45, 2.75) is 59.0 Å². The van der Waals surface area contributed by atoms with E-state index in [1.165, 1.54) is 17.7 Å². The van der Waals surface area contributed by atoms with Gasteiger partial charge in [-0.05, 0) is 79.0 Å². The molecule has 2 aromatic carbocycles. The van der Waals surface area contributed by atoms with Crippen LogP contribution in [-0.2, 0) is 32.6 Å². The fourth-order valence-corrected chi connectivity index (χ4v) is 6.64. The van der Waals surface area contributed by atoms with Crippen LogP contribution in [0, 0.1) is 5.82 Å². The van der Waals surface area contributed by atoms with Gasteiger partial charge in [-0.15, -0.1) is 0 Å². The van der Waals surface area contributed by atoms with Gasteiger partial charge in [-0.2, -0.15) is 0 Å². The Bertz CT molecular complexity index is 1200. The maximum atomic E-state index is 13.9. The molecule has 0 N–H and O–H groups in total. The quantitative estimate of drug-likeness (QED) is 0.307. The zero-order chi connectivity index (χ0) is 24.3. The topological polar surface area (TPSA) is 48.4 Å². The standard InChI is InChI=1S/C28H33FNO3P/c1-5-32-34(31,33-6-2)18-25-26(21-14-16-22(29)17-15-21)24-13-9-11-20-10-7-8-12-23(20)28(24)30-27(25)19(3)4/h7-8,10,12,14-17,19H,5-6,9,11,13,18H2,1-4H3. The van der Waals surface area contributed by atoms with Gasteiger partial charge in [-0.25, -0.2) is 4.39 Å². The lowest BCUT2D eigenvalue weighted by Gasteiger charge is -2.25. The SMILES string of the molecule is CCOP(=O)(Cc1c(C(C)C)nc2c(c1-c1ccc(F)cc1)CCCc1ccccc1-2)OCC. The number of benzene rings is 2. The minimum atomic E-state index is -3.39. The second-order valence-electron chi connectivity index (χ2n) is 8.95. The first-order valence-electron chi connectivity index (χ1n) is 12.1. The highest BCUT2D eigenvalue weighted by Gasteiger charge is 2.32. The van der Waals surface area contributed by atoms with Crippen LogP contribution >= 0.6 is 7.60 Å². The molecule has 34 heavy (non-hydrogen) atoms. The Morgan fingerprint density at radius 3 is 2.32 bits per heavy atom. The van der Waals surface area contributed by atoms with Crippen LogP contribution < -0.4 is 0 Å². The molecule has 0 saturated carbocycles. The van der Waals surface area contributed by atoms with Crippen LogP contribution in [0.2, 0.25) is 0 Å². The lowest BCUT2D eigenvalue weighted by atomic mass is 9.87. The van der Waals surface area contributed by atoms with Crippen molar-refractivity contribution in [1.82, 2.24) is 4.98 Å². The summed E-state index contributed by atoms with van der Waals surface area (Å²) in [7, 11) is -3.39. The van der Waals surface area contributed by atoms with E-state index < -0.39 is 7.60 Å². The van der Waals surface area contributed by atoms with Crippen molar-refractivity contribution in [3.8, 4) is 22.4 Å². The normalized spacial score (nSPS) is 13.5. The molecule has 0 bridgehead atoms. The van der Waals surface area contributed by atoms with Crippen molar-refractivity contribution < 1.29 is 18.0 Å². The van der Waals surface area contributed by atoms with E-state index in [4.69, 9.17) is 14.0 Å². The summed E-state index contributed by atoms with van der Waals surface area (Å²) in [5.41, 5.74) is 8.18. The van der Waals surface area contributed by atoms with Crippen molar-refractivity contribution in [3.63, 3.8) is 0 Å². The first-order valence-corrected chi connectivity index (χ1v) is 13.9. The highest BCUT2D eigenvalue weighted by Crippen LogP contribution is 2.54. The molecule has 1 aromatic heterocycles. The highest BCUT2D eigenvalue weighted by molar-refractivity contribution is 7.53. The number of aromatic nitrogens is 1. The van der Waals surface area contributed by atoms with Gasteiger partial charge in [0.05, 0.1) is 25.1 Å². The second-order valence-corrected chi connectivity index (χ2v) is 11.0. The Balaban J connectivity index is 2.05. The van der Waals surface area contributed by atoms with Crippen LogP contribution in [0.3, 0.4) is 0 Å². The molecule has 0 atom stereocenters. The first kappa shape index (κ1) is 24.8. The van der Waals surface area contributed by atoms with Crippen molar-refractivity contribution in [1.29, 1.82) is 0 Å². The summed E-state index contributed by atoms with van der Waals surface area (Å²) in [6.45, 7) is 8.44. The Kier molecular flexibility index (Phi) is 7.67. The third-order valence-corrected chi connectivity index (χ3v) is 8.27. The van der Waals surface area contributed by atoms with E-state index in [9.17, 15) is 8.96 Å². The minimum Gasteiger partial charge on any atom is -0.309 e. The molecule has 4 rings (SSSR count). The van der Waals surface area contributed by atoms with Crippen LogP contribution in [-0.4, -0.2) is 18.2 Å². The molecular weight excluding hydrogens is 448 g/mol. The summed E-state index contributed by atoms with van der Waals surface area (Å²) in [5.74, 6) is -0.194. The monoisotopic (exact) mass is 481 g/mol. The van der Waals surface area contributed by atoms with E-state index in [-0.39, 0.29) is 17.9 Å². The predicted molar refractivity (Wildman–Crippen MR) is 136 cm³/mol. The molecule has 0 aliphatic heterocycles. The maximum Gasteiger partial charge on any atom is 0.335 e. The lowest BCUT2D eigenvalue weighted by Crippen LogP contribution is -2.11. The molecule has 0 radical (unpaired) electrons. The van der Waals surface area contributed by atoms with E-state index in [1.807, 2.05) is 26.0 Å². The van der Waals surface area contributed by atoms with Crippen LogP contribution in [0.5, 0.6) is 0 Å². The van der Waals surface area contributed by atoms with Gasteiger partial charge in [0, 0.05) is 11.3 Å². The van der Waals surface area contributed by atoms with Crippen molar-refractivity contribution >= 4 is 7.60 Å². The van der Waals surface area contributed by atoms with E-state index in [0.29, 0.717) is 13.2 Å². The number of fused-ring (bicyclic) bond motifs is 3. The number of hydrogen-bond donors (Lipinski definition) is 0. The summed E-state index contributed by atoms with van der Waals surface area (Å²) in [4.78, 5) is 5.22. The molecular formula is C28H33FNO3P. The fourth-order valence-electron chi connectivity index (χ4n) is 4.89. The largest absolute Gasteiger partial charge is 0.335 e. The molecule has 0 saturated heterocycles. The third-order valence-electron chi connectivity index (χ3n) is 6.26. The van der Waals surface area contributed by atoms with Gasteiger partial charge in [-0.1, -0.05) is 50.2 Å². The summed E-state index contributed by atoms with van der Waals surface area (Å²) < 4.78 is 39.0. The highest BCUT2D eigenvalue weighted by atomic mass is 31.2. The molecule has 1 heterocycles. The van der Waals surface area contributed by atoms with Crippen LogP contribution in [0.1, 0.15) is 62.4 Å². The van der Waals surface area contributed by atoms with Crippen LogP contribution in [0.15, 0.2) is 48.5 Å². The number of nitrogens with zero attached hydrogens (tertiary/aromatic N) is 1. The van der Waals surface area contributed by atoms with E-state index in [1.54, 1.807) is 0 Å². The van der Waals surface area contributed by atoms with Gasteiger partial charge in [-0.3, -0.25) is 9.55 Å². The van der Waals surface area contributed by atoms with Crippen molar-refractivity contribution in [3.05, 3.63) is 76.7 Å². The number of hydrogen-bond acceptors (Lipinski definition) is 4. The molecule has 6 heteroatoms. The van der Waals surface area contributed by atoms with Crippen molar-refractivity contribution in [2.75, 3.05) is 13.2 Å². The average molecular weight is 482 g/mol. The molecule has 0 unspecified atom stereocenters. The summed E-state index contributed by atoms with van der Waals surface area (Å²) in [6, 6.07) is 15.0. The first-order chi connectivity index (χ1) is 16.4. The summed E-state index contributed by atoms with van der Waals surface area (Å²) >= 11 is 0. The molecule has 1 aliphatic rings. The number of pyridine rings is 1. The number of aryl methyl sites for hydroxylation is 1. The third kappa shape index (κ3) is 5.02. The van der Waals surface area contributed by atoms with E-state index in [0.717, 1.165) is 58.5 Å². The van der Waals surface area contributed by atoms with Gasteiger partial charge in [0.2, 0.25) is 0 Å². The minimum absolute atomic E-state index is 0.0895. The Hall–Kier alpha value is -2.33. The molecule has 180 valence electrons. The summed E-state index contributed by atoms with van der Waals surface area (Å²) in [5, 5.41) is 0. The van der Waals surface area contributed by atoms with Gasteiger partial charge in [0.25, 0.3) is 0 Å². The molecule has 4 nitrogen and oxygen atoms in total. The summed E-state index contributed by atoms with van der Waals surface area (Å²) in [6.07, 6.45) is 2.92. The fraction of sp³-hybridized carbons (Fsp3) is 0.393. The van der Waals surface area contributed by atoms with Gasteiger partial charge in [0.1, 0.15) is 5.82 Å². The number of halogens is 1. The molecule has 0 spiro atoms. The van der Waals surface area contributed by atoms with Gasteiger partial charge >= 0.3 is 7.60 Å². The zero-order valence-electron chi connectivity index (χ0n) is 20.4. The molecule has 1 aliphatic carbocycles. The van der Waals surface area contributed by atoms with Gasteiger partial charge < -0.3 is 9.05 Å².